The number of anilines is 2. The molecule has 0 aromatic heterocycles. The molecule has 4 aromatic carbocycles. The molecule has 61 heavy (non-hydrogen) atoms. The highest BCUT2D eigenvalue weighted by molar-refractivity contribution is 7.92. The van der Waals surface area contributed by atoms with Gasteiger partial charge in [-0.1, -0.05) is 74.5 Å². The van der Waals surface area contributed by atoms with Gasteiger partial charge in [0.2, 0.25) is 26.0 Å². The van der Waals surface area contributed by atoms with Crippen molar-refractivity contribution in [3.8, 4) is 11.5 Å². The smallest absolute Gasteiger partial charge is 0.303 e. The molecule has 328 valence electrons. The number of aryl methyl sites for hydroxylation is 2. The van der Waals surface area contributed by atoms with Crippen LogP contribution in [0.15, 0.2) is 97.1 Å². The van der Waals surface area contributed by atoms with Gasteiger partial charge in [-0.15, -0.1) is 0 Å². The Kier molecular flexibility index (Phi) is 13.7. The molecule has 2 aliphatic carbocycles. The number of carboxylic acids is 1. The lowest BCUT2D eigenvalue weighted by molar-refractivity contribution is -0.137. The zero-order valence-corrected chi connectivity index (χ0v) is 37.3. The zero-order valence-electron chi connectivity index (χ0n) is 35.7. The average molecular weight is 875 g/mol. The van der Waals surface area contributed by atoms with Crippen molar-refractivity contribution in [2.24, 2.45) is 23.7 Å². The number of nitrogens with one attached hydrogen (secondary N) is 3. The maximum absolute atomic E-state index is 12.8. The molecule has 4 aliphatic rings. The van der Waals surface area contributed by atoms with Crippen LogP contribution < -0.4 is 24.2 Å². The summed E-state index contributed by atoms with van der Waals surface area (Å²) in [6.07, 6.45) is 4.13. The van der Waals surface area contributed by atoms with Crippen LogP contribution in [0.2, 0.25) is 0 Å². The SMILES string of the molecule is CC1(c2cccc(NS(C)(=O)=O)c2)C2CNCC21.COc1ccccc1CCC(=O)N1CC2C(C1)C2(C)c1cccc(NS(C)(=O)=O)c1.COc1ccccc1CCC(=O)O. The Morgan fingerprint density at radius 1 is 0.672 bits per heavy atom. The number of amides is 1. The second kappa shape index (κ2) is 18.5. The Labute approximate surface area is 360 Å². The van der Waals surface area contributed by atoms with E-state index in [9.17, 15) is 26.4 Å². The molecule has 2 saturated carbocycles. The van der Waals surface area contributed by atoms with Gasteiger partial charge >= 0.3 is 5.97 Å². The monoisotopic (exact) mass is 874 g/mol. The topological polar surface area (TPSA) is 180 Å². The average Bonchev–Trinajstić information content (AvgIpc) is 3.66. The summed E-state index contributed by atoms with van der Waals surface area (Å²) in [5, 5.41) is 11.9. The van der Waals surface area contributed by atoms with Crippen LogP contribution in [0, 0.1) is 23.7 Å². The number of carbonyl (C=O) groups is 2. The van der Waals surface area contributed by atoms with Crippen LogP contribution in [0.4, 0.5) is 11.4 Å². The van der Waals surface area contributed by atoms with E-state index >= 15 is 0 Å². The molecule has 4 unspecified atom stereocenters. The second-order valence-corrected chi connectivity index (χ2v) is 20.4. The number of methoxy groups -OCH3 is 2. The van der Waals surface area contributed by atoms with Crippen molar-refractivity contribution >= 4 is 43.3 Å². The van der Waals surface area contributed by atoms with E-state index in [-0.39, 0.29) is 23.2 Å². The van der Waals surface area contributed by atoms with E-state index in [1.165, 1.54) is 11.8 Å². The lowest BCUT2D eigenvalue weighted by Crippen LogP contribution is -2.34. The number of piperidine rings is 2. The molecule has 1 amide bonds. The van der Waals surface area contributed by atoms with Crippen molar-refractivity contribution in [2.45, 2.75) is 50.4 Å². The number of carboxylic acid groups (broad SMARTS) is 1. The highest BCUT2D eigenvalue weighted by Gasteiger charge is 2.66. The first-order chi connectivity index (χ1) is 28.9. The minimum Gasteiger partial charge on any atom is -0.496 e. The lowest BCUT2D eigenvalue weighted by Gasteiger charge is -2.25. The van der Waals surface area contributed by atoms with Gasteiger partial charge in [0.05, 0.1) is 26.7 Å². The molecule has 0 radical (unpaired) electrons. The van der Waals surface area contributed by atoms with Gasteiger partial charge in [0.25, 0.3) is 0 Å². The first-order valence-corrected chi connectivity index (χ1v) is 24.3. The van der Waals surface area contributed by atoms with Gasteiger partial charge in [0, 0.05) is 48.1 Å². The number of carbonyl (C=O) groups excluding carboxylic acids is 1. The predicted molar refractivity (Wildman–Crippen MR) is 238 cm³/mol. The first-order valence-electron chi connectivity index (χ1n) is 20.5. The van der Waals surface area contributed by atoms with Crippen LogP contribution in [-0.4, -0.2) is 91.6 Å². The number of ether oxygens (including phenoxy) is 2. The quantitative estimate of drug-likeness (QED) is 0.119. The number of aliphatic carboxylic acids is 1. The minimum absolute atomic E-state index is 0.00533. The fourth-order valence-corrected chi connectivity index (χ4v) is 10.6. The van der Waals surface area contributed by atoms with Crippen molar-refractivity contribution in [3.63, 3.8) is 0 Å². The minimum atomic E-state index is -3.30. The highest BCUT2D eigenvalue weighted by Crippen LogP contribution is 2.64. The molecule has 4 atom stereocenters. The number of rotatable bonds is 14. The van der Waals surface area contributed by atoms with E-state index < -0.39 is 26.0 Å². The largest absolute Gasteiger partial charge is 0.496 e. The van der Waals surface area contributed by atoms with E-state index in [0.29, 0.717) is 54.3 Å². The number of para-hydroxylation sites is 2. The number of benzene rings is 4. The van der Waals surface area contributed by atoms with Gasteiger partial charge in [0.15, 0.2) is 0 Å². The summed E-state index contributed by atoms with van der Waals surface area (Å²) >= 11 is 0. The number of hydrogen-bond acceptors (Lipinski definition) is 9. The molecule has 2 saturated heterocycles. The normalized spacial score (nSPS) is 24.4. The molecular formula is C46H58N4O9S2. The molecule has 15 heteroatoms. The number of likely N-dealkylation sites (tertiary alicyclic amines) is 1. The Morgan fingerprint density at radius 2 is 1.10 bits per heavy atom. The van der Waals surface area contributed by atoms with Gasteiger partial charge in [-0.25, -0.2) is 16.8 Å². The number of nitrogens with zero attached hydrogens (tertiary/aromatic N) is 1. The van der Waals surface area contributed by atoms with Crippen molar-refractivity contribution in [1.82, 2.24) is 10.2 Å². The number of sulfonamides is 2. The van der Waals surface area contributed by atoms with Crippen molar-refractivity contribution < 1.29 is 41.0 Å². The predicted octanol–water partition coefficient (Wildman–Crippen LogP) is 5.92. The van der Waals surface area contributed by atoms with Crippen molar-refractivity contribution in [3.05, 3.63) is 119 Å². The van der Waals surface area contributed by atoms with E-state index in [4.69, 9.17) is 14.6 Å². The zero-order chi connectivity index (χ0) is 44.2. The standard InChI is InChI=1S/C23H28N2O4S.C13H18N2O2S.C10H12O3/c1-23(17-8-6-9-18(13-17)24-30(3,27)28)19-14-25(15-20(19)23)22(26)12-11-16-7-4-5-10-21(16)29-2;1-13(11-7-14-8-12(11)13)9-4-3-5-10(6-9)15-18(2,16)17;1-13-9-5-3-2-4-8(9)6-7-10(11)12/h4-10,13,19-20,24H,11-12,14-15H2,1-3H3;3-6,11-12,14-15H,7-8H2,1-2H3;2-5H,6-7H2,1H3,(H,11,12). The number of fused-ring (bicyclic) bond motifs is 2. The molecule has 0 bridgehead atoms. The molecule has 13 nitrogen and oxygen atoms in total. The van der Waals surface area contributed by atoms with E-state index in [1.807, 2.05) is 77.7 Å². The highest BCUT2D eigenvalue weighted by atomic mass is 32.2. The molecular weight excluding hydrogens is 817 g/mol. The fourth-order valence-electron chi connectivity index (χ4n) is 9.47. The summed E-state index contributed by atoms with van der Waals surface area (Å²) in [5.41, 5.74) is 5.83. The Morgan fingerprint density at radius 3 is 1.52 bits per heavy atom. The van der Waals surface area contributed by atoms with Crippen LogP contribution in [-0.2, 0) is 53.3 Å². The van der Waals surface area contributed by atoms with Crippen LogP contribution in [0.25, 0.3) is 0 Å². The summed E-state index contributed by atoms with van der Waals surface area (Å²) in [4.78, 5) is 25.1. The summed E-state index contributed by atoms with van der Waals surface area (Å²) in [7, 11) is -3.27. The third-order valence-electron chi connectivity index (χ3n) is 12.9. The van der Waals surface area contributed by atoms with Crippen molar-refractivity contribution in [2.75, 3.05) is 62.4 Å². The maximum Gasteiger partial charge on any atom is 0.303 e. The Balaban J connectivity index is 0.000000170. The second-order valence-electron chi connectivity index (χ2n) is 16.9. The molecule has 8 rings (SSSR count). The molecule has 4 fully saturated rings. The molecule has 4 N–H and O–H groups in total. The third kappa shape index (κ3) is 10.9. The number of hydrogen-bond donors (Lipinski definition) is 4. The van der Waals surface area contributed by atoms with Gasteiger partial charge in [-0.05, 0) is 108 Å². The van der Waals surface area contributed by atoms with Crippen LogP contribution in [0.3, 0.4) is 0 Å². The van der Waals surface area contributed by atoms with Gasteiger partial charge in [-0.2, -0.15) is 0 Å². The maximum atomic E-state index is 12.8. The van der Waals surface area contributed by atoms with E-state index in [2.05, 4.69) is 40.7 Å². The summed E-state index contributed by atoms with van der Waals surface area (Å²) in [5.74, 6) is 3.21. The molecule has 2 aliphatic heterocycles. The molecule has 2 heterocycles. The van der Waals surface area contributed by atoms with Crippen LogP contribution in [0.1, 0.15) is 48.9 Å². The van der Waals surface area contributed by atoms with E-state index in [1.54, 1.807) is 26.4 Å². The molecule has 0 spiro atoms. The first kappa shape index (κ1) is 45.4. The third-order valence-corrected chi connectivity index (χ3v) is 14.1. The fraction of sp³-hybridized carbons (Fsp3) is 0.435. The van der Waals surface area contributed by atoms with E-state index in [0.717, 1.165) is 60.6 Å². The Hall–Kier alpha value is -5.12. The lowest BCUT2D eigenvalue weighted by atomic mass is 9.92. The summed E-state index contributed by atoms with van der Waals surface area (Å²) in [6, 6.07) is 30.7. The molecule has 4 aromatic rings. The van der Waals surface area contributed by atoms with Crippen LogP contribution in [0.5, 0.6) is 11.5 Å². The Bertz CT molecular complexity index is 2420. The van der Waals surface area contributed by atoms with Crippen LogP contribution >= 0.6 is 0 Å². The van der Waals surface area contributed by atoms with Gasteiger partial charge in [0.1, 0.15) is 11.5 Å². The summed E-state index contributed by atoms with van der Waals surface area (Å²) < 4.78 is 61.1. The summed E-state index contributed by atoms with van der Waals surface area (Å²) in [6.45, 7) is 8.17. The van der Waals surface area contributed by atoms with Gasteiger partial charge in [-0.3, -0.25) is 19.0 Å². The van der Waals surface area contributed by atoms with Gasteiger partial charge < -0.3 is 24.8 Å². The van der Waals surface area contributed by atoms with Crippen molar-refractivity contribution in [1.29, 1.82) is 0 Å².